The number of anilines is 1. The molecule has 1 nitrogen and oxygen atoms in total. The van der Waals surface area contributed by atoms with E-state index in [0.29, 0.717) is 0 Å². The number of benzene rings is 2. The van der Waals surface area contributed by atoms with Crippen molar-refractivity contribution in [1.82, 2.24) is 0 Å². The predicted octanol–water partition coefficient (Wildman–Crippen LogP) is 5.63. The van der Waals surface area contributed by atoms with Crippen LogP contribution in [-0.4, -0.2) is 0 Å². The van der Waals surface area contributed by atoms with Crippen LogP contribution in [0.4, 0.5) is 5.69 Å². The minimum atomic E-state index is 0.771. The van der Waals surface area contributed by atoms with Crippen LogP contribution in [0.5, 0.6) is 0 Å². The second kappa shape index (κ2) is 6.26. The van der Waals surface area contributed by atoms with Crippen LogP contribution < -0.4 is 5.32 Å². The van der Waals surface area contributed by atoms with Crippen molar-refractivity contribution < 1.29 is 0 Å². The minimum absolute atomic E-state index is 0.771. The van der Waals surface area contributed by atoms with Gasteiger partial charge in [0, 0.05) is 25.3 Å². The fraction of sp³-hybridized carbons (Fsp3) is 0.143. The van der Waals surface area contributed by atoms with Gasteiger partial charge in [-0.15, -0.1) is 0 Å². The molecule has 4 heteroatoms. The molecule has 18 heavy (non-hydrogen) atoms. The van der Waals surface area contributed by atoms with Crippen LogP contribution in [0.3, 0.4) is 0 Å². The Morgan fingerprint density at radius 1 is 1.22 bits per heavy atom. The Bertz CT molecular complexity index is 520. The van der Waals surface area contributed by atoms with Gasteiger partial charge < -0.3 is 5.32 Å². The van der Waals surface area contributed by atoms with Crippen molar-refractivity contribution in [2.24, 2.45) is 0 Å². The van der Waals surface area contributed by atoms with Crippen molar-refractivity contribution in [3.05, 3.63) is 60.6 Å². The standard InChI is InChI=1S/C14H12BrClIN/c1-9-2-3-10(6-13(9)16)8-18-11-4-5-14(17)12(15)7-11/h2-7,18H,8H2,1H3. The molecule has 0 aliphatic heterocycles. The van der Waals surface area contributed by atoms with Gasteiger partial charge in [-0.2, -0.15) is 0 Å². The van der Waals surface area contributed by atoms with Crippen LogP contribution in [-0.2, 0) is 6.54 Å². The molecule has 0 aliphatic carbocycles. The van der Waals surface area contributed by atoms with Gasteiger partial charge in [0.1, 0.15) is 0 Å². The molecule has 0 bridgehead atoms. The lowest BCUT2D eigenvalue weighted by atomic mass is 10.1. The number of halogens is 3. The van der Waals surface area contributed by atoms with Crippen molar-refractivity contribution >= 4 is 55.8 Å². The molecule has 0 heterocycles. The molecule has 0 saturated carbocycles. The van der Waals surface area contributed by atoms with Crippen molar-refractivity contribution in [1.29, 1.82) is 0 Å². The molecule has 0 unspecified atom stereocenters. The van der Waals surface area contributed by atoms with Gasteiger partial charge in [0.25, 0.3) is 0 Å². The Morgan fingerprint density at radius 2 is 2.00 bits per heavy atom. The summed E-state index contributed by atoms with van der Waals surface area (Å²) in [5, 5.41) is 4.20. The second-order valence-electron chi connectivity index (χ2n) is 4.07. The Balaban J connectivity index is 2.06. The zero-order valence-corrected chi connectivity index (χ0v) is 14.3. The summed E-state index contributed by atoms with van der Waals surface area (Å²) < 4.78 is 2.31. The smallest absolute Gasteiger partial charge is 0.0438 e. The Morgan fingerprint density at radius 3 is 2.67 bits per heavy atom. The van der Waals surface area contributed by atoms with Gasteiger partial charge in [-0.05, 0) is 80.8 Å². The van der Waals surface area contributed by atoms with E-state index in [1.807, 2.05) is 19.1 Å². The van der Waals surface area contributed by atoms with Gasteiger partial charge in [0.2, 0.25) is 0 Å². The molecule has 0 aromatic heterocycles. The molecule has 2 aromatic rings. The van der Waals surface area contributed by atoms with Gasteiger partial charge in [-0.3, -0.25) is 0 Å². The Kier molecular flexibility index (Phi) is 4.92. The highest BCUT2D eigenvalue weighted by Crippen LogP contribution is 2.23. The summed E-state index contributed by atoms with van der Waals surface area (Å²) in [6, 6.07) is 12.4. The molecule has 0 fully saturated rings. The minimum Gasteiger partial charge on any atom is -0.381 e. The van der Waals surface area contributed by atoms with E-state index in [4.69, 9.17) is 11.6 Å². The molecule has 2 rings (SSSR count). The normalized spacial score (nSPS) is 10.4. The first kappa shape index (κ1) is 14.2. The van der Waals surface area contributed by atoms with Crippen LogP contribution >= 0.6 is 50.1 Å². The first-order valence-electron chi connectivity index (χ1n) is 5.50. The van der Waals surface area contributed by atoms with E-state index in [0.717, 1.165) is 27.3 Å². The molecule has 0 spiro atoms. The first-order chi connectivity index (χ1) is 8.56. The number of hydrogen-bond donors (Lipinski definition) is 1. The van der Waals surface area contributed by atoms with Crippen LogP contribution in [0.15, 0.2) is 40.9 Å². The quantitative estimate of drug-likeness (QED) is 0.615. The summed E-state index contributed by atoms with van der Waals surface area (Å²) in [7, 11) is 0. The summed E-state index contributed by atoms with van der Waals surface area (Å²) in [6.45, 7) is 2.78. The van der Waals surface area contributed by atoms with E-state index in [-0.39, 0.29) is 0 Å². The first-order valence-corrected chi connectivity index (χ1v) is 7.75. The van der Waals surface area contributed by atoms with Crippen LogP contribution in [0.1, 0.15) is 11.1 Å². The molecule has 0 amide bonds. The number of nitrogens with one attached hydrogen (secondary N) is 1. The van der Waals surface area contributed by atoms with Crippen LogP contribution in [0, 0.1) is 10.5 Å². The fourth-order valence-corrected chi connectivity index (χ4v) is 2.47. The topological polar surface area (TPSA) is 12.0 Å². The molecule has 0 radical (unpaired) electrons. The highest BCUT2D eigenvalue weighted by atomic mass is 127. The largest absolute Gasteiger partial charge is 0.381 e. The number of rotatable bonds is 3. The molecule has 1 N–H and O–H groups in total. The third-order valence-corrected chi connectivity index (χ3v) is 5.40. The van der Waals surface area contributed by atoms with E-state index in [1.165, 1.54) is 9.13 Å². The van der Waals surface area contributed by atoms with Crippen LogP contribution in [0.25, 0.3) is 0 Å². The molecule has 0 saturated heterocycles. The Labute approximate surface area is 134 Å². The molecule has 0 aliphatic rings. The maximum atomic E-state index is 6.11. The lowest BCUT2D eigenvalue weighted by Crippen LogP contribution is -1.99. The van der Waals surface area contributed by atoms with Gasteiger partial charge in [-0.1, -0.05) is 23.7 Å². The van der Waals surface area contributed by atoms with Crippen molar-refractivity contribution in [2.45, 2.75) is 13.5 Å². The number of hydrogen-bond acceptors (Lipinski definition) is 1. The monoisotopic (exact) mass is 435 g/mol. The summed E-state index contributed by atoms with van der Waals surface area (Å²) in [4.78, 5) is 0. The van der Waals surface area contributed by atoms with Crippen molar-refractivity contribution in [3.63, 3.8) is 0 Å². The van der Waals surface area contributed by atoms with Gasteiger partial charge >= 0.3 is 0 Å². The average molecular weight is 437 g/mol. The summed E-state index contributed by atoms with van der Waals surface area (Å²) in [5.74, 6) is 0. The van der Waals surface area contributed by atoms with Crippen molar-refractivity contribution in [3.8, 4) is 0 Å². The SMILES string of the molecule is Cc1ccc(CNc2ccc(I)c(Br)c2)cc1Cl. The molecular weight excluding hydrogens is 424 g/mol. The summed E-state index contributed by atoms with van der Waals surface area (Å²) in [6.07, 6.45) is 0. The molecular formula is C14H12BrClIN. The van der Waals surface area contributed by atoms with Crippen LogP contribution in [0.2, 0.25) is 5.02 Å². The van der Waals surface area contributed by atoms with Gasteiger partial charge in [0.15, 0.2) is 0 Å². The van der Waals surface area contributed by atoms with Gasteiger partial charge in [-0.25, -0.2) is 0 Å². The second-order valence-corrected chi connectivity index (χ2v) is 6.49. The maximum Gasteiger partial charge on any atom is 0.0438 e. The summed E-state index contributed by atoms with van der Waals surface area (Å²) >= 11 is 11.9. The lowest BCUT2D eigenvalue weighted by molar-refractivity contribution is 1.14. The average Bonchev–Trinajstić information content (AvgIpc) is 2.35. The molecule has 2 aromatic carbocycles. The molecule has 94 valence electrons. The summed E-state index contributed by atoms with van der Waals surface area (Å²) in [5.41, 5.74) is 3.39. The third kappa shape index (κ3) is 3.62. The highest BCUT2D eigenvalue weighted by molar-refractivity contribution is 14.1. The fourth-order valence-electron chi connectivity index (χ4n) is 1.56. The van der Waals surface area contributed by atoms with E-state index in [1.54, 1.807) is 0 Å². The van der Waals surface area contributed by atoms with E-state index >= 15 is 0 Å². The Hall–Kier alpha value is -0.260. The zero-order chi connectivity index (χ0) is 13.1. The van der Waals surface area contributed by atoms with E-state index in [2.05, 4.69) is 68.1 Å². The van der Waals surface area contributed by atoms with E-state index < -0.39 is 0 Å². The lowest BCUT2D eigenvalue weighted by Gasteiger charge is -2.09. The highest BCUT2D eigenvalue weighted by Gasteiger charge is 2.00. The van der Waals surface area contributed by atoms with Gasteiger partial charge in [0.05, 0.1) is 0 Å². The van der Waals surface area contributed by atoms with E-state index in [9.17, 15) is 0 Å². The van der Waals surface area contributed by atoms with Crippen molar-refractivity contribution in [2.75, 3.05) is 5.32 Å². The third-order valence-electron chi connectivity index (χ3n) is 2.65. The zero-order valence-electron chi connectivity index (χ0n) is 9.81. The maximum absolute atomic E-state index is 6.11. The number of aryl methyl sites for hydroxylation is 1. The predicted molar refractivity (Wildman–Crippen MR) is 90.4 cm³/mol. The molecule has 0 atom stereocenters.